The molecule has 0 atom stereocenters. The zero-order valence-electron chi connectivity index (χ0n) is 9.63. The topological polar surface area (TPSA) is 74.1 Å². The lowest BCUT2D eigenvalue weighted by Crippen LogP contribution is -2.30. The summed E-state index contributed by atoms with van der Waals surface area (Å²) in [6.07, 6.45) is 3.41. The number of fused-ring (bicyclic) bond motifs is 2. The number of hydrogen-bond donors (Lipinski definition) is 2. The van der Waals surface area contributed by atoms with Crippen molar-refractivity contribution in [1.29, 1.82) is 0 Å². The molecule has 0 aliphatic heterocycles. The average Bonchev–Trinajstić information content (AvgIpc) is 3.03. The molecular weight excluding hydrogens is 264 g/mol. The molecule has 0 saturated carbocycles. The van der Waals surface area contributed by atoms with E-state index in [1.807, 2.05) is 35.2 Å². The lowest BCUT2D eigenvalue weighted by molar-refractivity contribution is -0.569. The Balaban J connectivity index is 2.11. The van der Waals surface area contributed by atoms with E-state index in [4.69, 9.17) is 11.6 Å². The maximum Gasteiger partial charge on any atom is 0.301 e. The van der Waals surface area contributed by atoms with Crippen LogP contribution in [0.5, 0.6) is 0 Å². The van der Waals surface area contributed by atoms with Gasteiger partial charge in [0.25, 0.3) is 5.82 Å². The number of benzene rings is 1. The molecule has 3 aromatic heterocycles. The summed E-state index contributed by atoms with van der Waals surface area (Å²) < 4.78 is 1.92. The van der Waals surface area contributed by atoms with Gasteiger partial charge in [-0.1, -0.05) is 17.1 Å². The molecule has 0 radical (unpaired) electrons. The Morgan fingerprint density at radius 1 is 1.11 bits per heavy atom. The third-order valence-corrected chi connectivity index (χ3v) is 3.15. The molecule has 19 heavy (non-hydrogen) atoms. The number of H-pyrrole nitrogens is 2. The highest BCUT2D eigenvalue weighted by molar-refractivity contribution is 6.28. The van der Waals surface area contributed by atoms with Gasteiger partial charge in [-0.25, -0.2) is 4.98 Å². The first-order valence-electron chi connectivity index (χ1n) is 5.68. The van der Waals surface area contributed by atoms with Gasteiger partial charge in [0.2, 0.25) is 0 Å². The Bertz CT molecular complexity index is 893. The van der Waals surface area contributed by atoms with Crippen LogP contribution < -0.4 is 4.57 Å². The molecule has 6 nitrogen and oxygen atoms in total. The fraction of sp³-hybridized carbons (Fsp3) is 0. The van der Waals surface area contributed by atoms with Crippen LogP contribution in [-0.2, 0) is 0 Å². The first-order valence-corrected chi connectivity index (χ1v) is 6.05. The Morgan fingerprint density at radius 3 is 2.95 bits per heavy atom. The minimum Gasteiger partial charge on any atom is -0.338 e. The number of rotatable bonds is 1. The van der Waals surface area contributed by atoms with Crippen LogP contribution in [-0.4, -0.2) is 24.9 Å². The summed E-state index contributed by atoms with van der Waals surface area (Å²) in [5.41, 5.74) is 3.32. The fourth-order valence-corrected chi connectivity index (χ4v) is 2.31. The predicted octanol–water partition coefficient (Wildman–Crippen LogP) is 1.76. The zero-order valence-corrected chi connectivity index (χ0v) is 10.4. The number of nitrogens with one attached hydrogen (secondary N) is 2. The van der Waals surface area contributed by atoms with E-state index in [1.165, 1.54) is 0 Å². The monoisotopic (exact) mass is 271 g/mol. The molecule has 4 aromatic rings. The summed E-state index contributed by atoms with van der Waals surface area (Å²) in [6.45, 7) is 0. The Hall–Kier alpha value is -2.47. The van der Waals surface area contributed by atoms with E-state index >= 15 is 0 Å². The molecule has 0 saturated heterocycles. The lowest BCUT2D eigenvalue weighted by Gasteiger charge is -1.97. The zero-order chi connectivity index (χ0) is 12.8. The largest absolute Gasteiger partial charge is 0.338 e. The summed E-state index contributed by atoms with van der Waals surface area (Å²) in [5.74, 6) is 0.671. The average molecular weight is 272 g/mol. The highest BCUT2D eigenvalue weighted by atomic mass is 35.5. The van der Waals surface area contributed by atoms with Crippen molar-refractivity contribution in [2.45, 2.75) is 0 Å². The van der Waals surface area contributed by atoms with Gasteiger partial charge < -0.3 is 4.98 Å². The number of imidazole rings is 2. The highest BCUT2D eigenvalue weighted by Crippen LogP contribution is 2.16. The van der Waals surface area contributed by atoms with E-state index < -0.39 is 0 Å². The first-order chi connectivity index (χ1) is 9.33. The van der Waals surface area contributed by atoms with E-state index in [0.29, 0.717) is 11.5 Å². The molecule has 0 aliphatic rings. The van der Waals surface area contributed by atoms with Crippen molar-refractivity contribution in [1.82, 2.24) is 24.9 Å². The van der Waals surface area contributed by atoms with Crippen molar-refractivity contribution in [3.63, 3.8) is 0 Å². The Labute approximate surface area is 112 Å². The van der Waals surface area contributed by atoms with Crippen LogP contribution in [0.15, 0.2) is 36.9 Å². The quantitative estimate of drug-likeness (QED) is 0.409. The summed E-state index contributed by atoms with van der Waals surface area (Å²) in [7, 11) is 0. The first kappa shape index (κ1) is 10.5. The summed E-state index contributed by atoms with van der Waals surface area (Å²) in [4.78, 5) is 18.7. The standard InChI is InChI=1S/C12H7ClN6/c13-12-17-10-9(14-5-15-10)11(18-12)19-6-16-7-3-1-2-4-8(7)19/h1-6H,(H,14,15,17,18)/p+1. The Kier molecular flexibility index (Phi) is 2.07. The fourth-order valence-electron chi connectivity index (χ4n) is 2.15. The molecule has 1 aromatic carbocycles. The molecule has 0 fully saturated rings. The van der Waals surface area contributed by atoms with Gasteiger partial charge in [0.05, 0.1) is 6.33 Å². The minimum absolute atomic E-state index is 0.174. The van der Waals surface area contributed by atoms with Gasteiger partial charge in [-0.05, 0) is 23.7 Å². The minimum atomic E-state index is 0.174. The number of hydrogen-bond acceptors (Lipinski definition) is 3. The molecule has 4 rings (SSSR count). The van der Waals surface area contributed by atoms with E-state index in [-0.39, 0.29) is 5.28 Å². The van der Waals surface area contributed by atoms with Crippen LogP contribution in [0.1, 0.15) is 0 Å². The molecule has 0 amide bonds. The predicted molar refractivity (Wildman–Crippen MR) is 70.1 cm³/mol. The smallest absolute Gasteiger partial charge is 0.301 e. The van der Waals surface area contributed by atoms with Crippen LogP contribution in [0.25, 0.3) is 28.0 Å². The third kappa shape index (κ3) is 1.50. The summed E-state index contributed by atoms with van der Waals surface area (Å²) in [5, 5.41) is 0.174. The summed E-state index contributed by atoms with van der Waals surface area (Å²) in [6, 6.07) is 7.95. The molecule has 92 valence electrons. The van der Waals surface area contributed by atoms with E-state index in [9.17, 15) is 0 Å². The second kappa shape index (κ2) is 3.76. The van der Waals surface area contributed by atoms with Crippen molar-refractivity contribution < 1.29 is 4.57 Å². The van der Waals surface area contributed by atoms with Gasteiger partial charge in [0.1, 0.15) is 11.0 Å². The van der Waals surface area contributed by atoms with Crippen molar-refractivity contribution in [3.05, 3.63) is 42.2 Å². The number of para-hydroxylation sites is 2. The Morgan fingerprint density at radius 2 is 2.00 bits per heavy atom. The number of nitrogens with zero attached hydrogens (tertiary/aromatic N) is 4. The molecule has 3 heterocycles. The van der Waals surface area contributed by atoms with Crippen LogP contribution in [0, 0.1) is 0 Å². The van der Waals surface area contributed by atoms with Gasteiger partial charge in [0.15, 0.2) is 17.5 Å². The van der Waals surface area contributed by atoms with Crippen molar-refractivity contribution in [2.75, 3.05) is 0 Å². The summed E-state index contributed by atoms with van der Waals surface area (Å²) >= 11 is 5.95. The second-order valence-electron chi connectivity index (χ2n) is 4.08. The molecule has 0 bridgehead atoms. The maximum absolute atomic E-state index is 5.95. The third-order valence-electron chi connectivity index (χ3n) is 2.98. The molecule has 0 spiro atoms. The molecule has 0 aliphatic carbocycles. The maximum atomic E-state index is 5.95. The van der Waals surface area contributed by atoms with Gasteiger partial charge in [-0.3, -0.25) is 4.98 Å². The molecular formula is C12H8ClN6+. The van der Waals surface area contributed by atoms with Crippen molar-refractivity contribution >= 4 is 33.8 Å². The van der Waals surface area contributed by atoms with Gasteiger partial charge >= 0.3 is 5.28 Å². The van der Waals surface area contributed by atoms with Crippen LogP contribution in [0.4, 0.5) is 0 Å². The molecule has 7 heteroatoms. The molecule has 0 unspecified atom stereocenters. The lowest BCUT2D eigenvalue weighted by atomic mass is 10.3. The van der Waals surface area contributed by atoms with Crippen molar-refractivity contribution in [2.24, 2.45) is 0 Å². The van der Waals surface area contributed by atoms with Crippen LogP contribution in [0.3, 0.4) is 0 Å². The van der Waals surface area contributed by atoms with Crippen molar-refractivity contribution in [3.8, 4) is 5.82 Å². The van der Waals surface area contributed by atoms with Gasteiger partial charge in [0, 0.05) is 0 Å². The normalized spacial score (nSPS) is 11.4. The van der Waals surface area contributed by atoms with Gasteiger partial charge in [-0.15, -0.1) is 0 Å². The van der Waals surface area contributed by atoms with E-state index in [0.717, 1.165) is 16.6 Å². The van der Waals surface area contributed by atoms with E-state index in [1.54, 1.807) is 6.33 Å². The van der Waals surface area contributed by atoms with Crippen LogP contribution in [0.2, 0.25) is 5.28 Å². The van der Waals surface area contributed by atoms with Crippen LogP contribution >= 0.6 is 11.6 Å². The number of aromatic amines is 2. The number of aromatic nitrogens is 6. The second-order valence-corrected chi connectivity index (χ2v) is 4.42. The number of halogens is 1. The van der Waals surface area contributed by atoms with E-state index in [2.05, 4.69) is 24.9 Å². The highest BCUT2D eigenvalue weighted by Gasteiger charge is 2.19. The molecule has 2 N–H and O–H groups in total. The SMILES string of the molecule is Clc1nc(-[n+]2c[nH]c3ccccc32)c2[nH]cnc2n1. The van der Waals surface area contributed by atoms with Gasteiger partial charge in [-0.2, -0.15) is 9.55 Å².